The van der Waals surface area contributed by atoms with E-state index in [1.807, 2.05) is 30.3 Å². The van der Waals surface area contributed by atoms with E-state index in [4.69, 9.17) is 0 Å². The number of thiazole rings is 1. The van der Waals surface area contributed by atoms with Gasteiger partial charge in [0.2, 0.25) is 0 Å². The zero-order chi connectivity index (χ0) is 16.9. The van der Waals surface area contributed by atoms with E-state index in [0.29, 0.717) is 21.8 Å². The molecule has 0 fully saturated rings. The lowest BCUT2D eigenvalue weighted by Crippen LogP contribution is -2.12. The number of hydrogen-bond acceptors (Lipinski definition) is 5. The minimum absolute atomic E-state index is 0.265. The summed E-state index contributed by atoms with van der Waals surface area (Å²) >= 11 is 1.27. The Morgan fingerprint density at radius 3 is 2.62 bits per heavy atom. The number of amides is 1. The first-order valence-corrected chi connectivity index (χ1v) is 8.05. The summed E-state index contributed by atoms with van der Waals surface area (Å²) < 4.78 is 4.69. The molecule has 1 aromatic heterocycles. The summed E-state index contributed by atoms with van der Waals surface area (Å²) in [5, 5.41) is 2.80. The van der Waals surface area contributed by atoms with Crippen LogP contribution in [0.1, 0.15) is 20.0 Å². The van der Waals surface area contributed by atoms with Gasteiger partial charge in [0.1, 0.15) is 4.88 Å². The van der Waals surface area contributed by atoms with Gasteiger partial charge in [-0.15, -0.1) is 11.3 Å². The Balaban J connectivity index is 1.84. The molecule has 3 aromatic rings. The Bertz CT molecular complexity index is 875. The van der Waals surface area contributed by atoms with Crippen molar-refractivity contribution in [2.24, 2.45) is 0 Å². The summed E-state index contributed by atoms with van der Waals surface area (Å²) in [6.45, 7) is 0. The molecule has 120 valence electrons. The largest absolute Gasteiger partial charge is 0.465 e. The van der Waals surface area contributed by atoms with E-state index in [-0.39, 0.29) is 5.91 Å². The van der Waals surface area contributed by atoms with Gasteiger partial charge in [0.05, 0.1) is 23.9 Å². The quantitative estimate of drug-likeness (QED) is 0.734. The number of aromatic nitrogens is 1. The van der Waals surface area contributed by atoms with E-state index in [1.165, 1.54) is 18.4 Å². The molecule has 5 nitrogen and oxygen atoms in total. The summed E-state index contributed by atoms with van der Waals surface area (Å²) in [7, 11) is 1.32. The molecule has 0 radical (unpaired) electrons. The number of anilines is 1. The normalized spacial score (nSPS) is 10.2. The van der Waals surface area contributed by atoms with Crippen LogP contribution >= 0.6 is 11.3 Å². The maximum atomic E-state index is 12.6. The molecule has 0 atom stereocenters. The number of benzene rings is 2. The fraction of sp³-hybridized carbons (Fsp3) is 0.0556. The molecule has 1 heterocycles. The van der Waals surface area contributed by atoms with Gasteiger partial charge >= 0.3 is 5.97 Å². The molecule has 24 heavy (non-hydrogen) atoms. The van der Waals surface area contributed by atoms with Gasteiger partial charge in [-0.1, -0.05) is 36.4 Å². The van der Waals surface area contributed by atoms with Gasteiger partial charge in [-0.3, -0.25) is 4.79 Å². The van der Waals surface area contributed by atoms with E-state index < -0.39 is 5.97 Å². The van der Waals surface area contributed by atoms with Gasteiger partial charge in [-0.05, 0) is 18.2 Å². The van der Waals surface area contributed by atoms with Crippen LogP contribution < -0.4 is 5.32 Å². The van der Waals surface area contributed by atoms with Gasteiger partial charge < -0.3 is 10.1 Å². The molecule has 0 aliphatic heterocycles. The maximum Gasteiger partial charge on any atom is 0.337 e. The Hall–Kier alpha value is -2.99. The highest BCUT2D eigenvalue weighted by atomic mass is 32.1. The SMILES string of the molecule is COC(=O)c1cccc(NC(=O)c2scnc2-c2ccccc2)c1. The Labute approximate surface area is 142 Å². The molecule has 1 N–H and O–H groups in total. The van der Waals surface area contributed by atoms with Crippen molar-refractivity contribution in [2.45, 2.75) is 0 Å². The van der Waals surface area contributed by atoms with E-state index in [9.17, 15) is 9.59 Å². The number of esters is 1. The third-order valence-electron chi connectivity index (χ3n) is 3.36. The molecule has 0 bridgehead atoms. The molecule has 2 aromatic carbocycles. The number of rotatable bonds is 4. The van der Waals surface area contributed by atoms with E-state index >= 15 is 0 Å². The first-order chi connectivity index (χ1) is 11.7. The number of methoxy groups -OCH3 is 1. The molecule has 0 unspecified atom stereocenters. The van der Waals surface area contributed by atoms with Crippen molar-refractivity contribution in [1.29, 1.82) is 0 Å². The summed E-state index contributed by atoms with van der Waals surface area (Å²) in [6.07, 6.45) is 0. The van der Waals surface area contributed by atoms with Gasteiger partial charge in [0.25, 0.3) is 5.91 Å². The van der Waals surface area contributed by atoms with Crippen LogP contribution in [0.25, 0.3) is 11.3 Å². The van der Waals surface area contributed by atoms with Crippen LogP contribution in [-0.2, 0) is 4.74 Å². The number of nitrogens with zero attached hydrogens (tertiary/aromatic N) is 1. The standard InChI is InChI=1S/C18H14N2O3S/c1-23-18(22)13-8-5-9-14(10-13)20-17(21)16-15(19-11-24-16)12-6-3-2-4-7-12/h2-11H,1H3,(H,20,21). The molecule has 1 amide bonds. The predicted octanol–water partition coefficient (Wildman–Crippen LogP) is 3.85. The van der Waals surface area contributed by atoms with E-state index in [0.717, 1.165) is 5.56 Å². The fourth-order valence-electron chi connectivity index (χ4n) is 2.24. The second-order valence-corrected chi connectivity index (χ2v) is 5.78. The number of nitrogens with one attached hydrogen (secondary N) is 1. The molecule has 0 aliphatic rings. The molecule has 0 saturated carbocycles. The van der Waals surface area contributed by atoms with E-state index in [2.05, 4.69) is 15.0 Å². The van der Waals surface area contributed by atoms with Crippen molar-refractivity contribution in [3.63, 3.8) is 0 Å². The highest BCUT2D eigenvalue weighted by molar-refractivity contribution is 7.12. The second-order valence-electron chi connectivity index (χ2n) is 4.92. The fourth-order valence-corrected chi connectivity index (χ4v) is 2.94. The number of hydrogen-bond donors (Lipinski definition) is 1. The Morgan fingerprint density at radius 2 is 1.88 bits per heavy atom. The topological polar surface area (TPSA) is 68.3 Å². The number of carbonyl (C=O) groups is 2. The van der Waals surface area contributed by atoms with Gasteiger partial charge in [0.15, 0.2) is 0 Å². The third kappa shape index (κ3) is 3.33. The lowest BCUT2D eigenvalue weighted by Gasteiger charge is -2.07. The van der Waals surface area contributed by atoms with Crippen molar-refractivity contribution in [1.82, 2.24) is 4.98 Å². The molecule has 0 spiro atoms. The summed E-state index contributed by atoms with van der Waals surface area (Å²) in [5.74, 6) is -0.716. The zero-order valence-electron chi connectivity index (χ0n) is 12.9. The molecule has 3 rings (SSSR count). The molecule has 0 aliphatic carbocycles. The van der Waals surface area contributed by atoms with Crippen molar-refractivity contribution in [2.75, 3.05) is 12.4 Å². The van der Waals surface area contributed by atoms with Gasteiger partial charge in [-0.25, -0.2) is 9.78 Å². The summed E-state index contributed by atoms with van der Waals surface area (Å²) in [5.41, 5.74) is 4.06. The zero-order valence-corrected chi connectivity index (χ0v) is 13.7. The monoisotopic (exact) mass is 338 g/mol. The van der Waals surface area contributed by atoms with E-state index in [1.54, 1.807) is 29.8 Å². The first-order valence-electron chi connectivity index (χ1n) is 7.17. The second kappa shape index (κ2) is 7.06. The highest BCUT2D eigenvalue weighted by Gasteiger charge is 2.17. The third-order valence-corrected chi connectivity index (χ3v) is 4.19. The number of carbonyl (C=O) groups excluding carboxylic acids is 2. The van der Waals surface area contributed by atoms with Crippen molar-refractivity contribution in [3.8, 4) is 11.3 Å². The minimum Gasteiger partial charge on any atom is -0.465 e. The Kier molecular flexibility index (Phi) is 4.67. The smallest absolute Gasteiger partial charge is 0.337 e. The first kappa shape index (κ1) is 15.9. The van der Waals surface area contributed by atoms with Crippen LogP contribution in [-0.4, -0.2) is 24.0 Å². The molecular weight excluding hydrogens is 324 g/mol. The van der Waals surface area contributed by atoms with Crippen LogP contribution in [0.15, 0.2) is 60.1 Å². The average Bonchev–Trinajstić information content (AvgIpc) is 3.12. The molecule has 6 heteroatoms. The molecule has 0 saturated heterocycles. The van der Waals surface area contributed by atoms with Crippen molar-refractivity contribution < 1.29 is 14.3 Å². The van der Waals surface area contributed by atoms with Crippen molar-refractivity contribution >= 4 is 28.9 Å². The van der Waals surface area contributed by atoms with Crippen LogP contribution in [0.5, 0.6) is 0 Å². The summed E-state index contributed by atoms with van der Waals surface area (Å²) in [6, 6.07) is 16.1. The Morgan fingerprint density at radius 1 is 1.08 bits per heavy atom. The predicted molar refractivity (Wildman–Crippen MR) is 93.3 cm³/mol. The van der Waals surface area contributed by atoms with Crippen LogP contribution in [0, 0.1) is 0 Å². The number of ether oxygens (including phenoxy) is 1. The van der Waals surface area contributed by atoms with Crippen LogP contribution in [0.4, 0.5) is 5.69 Å². The van der Waals surface area contributed by atoms with Gasteiger partial charge in [0, 0.05) is 11.3 Å². The average molecular weight is 338 g/mol. The van der Waals surface area contributed by atoms with Gasteiger partial charge in [-0.2, -0.15) is 0 Å². The molecular formula is C18H14N2O3S. The van der Waals surface area contributed by atoms with Crippen LogP contribution in [0.2, 0.25) is 0 Å². The van der Waals surface area contributed by atoms with Crippen LogP contribution in [0.3, 0.4) is 0 Å². The lowest BCUT2D eigenvalue weighted by molar-refractivity contribution is 0.0600. The maximum absolute atomic E-state index is 12.6. The summed E-state index contributed by atoms with van der Waals surface area (Å²) in [4.78, 5) is 28.9. The minimum atomic E-state index is -0.450. The highest BCUT2D eigenvalue weighted by Crippen LogP contribution is 2.26. The van der Waals surface area contributed by atoms with Crippen molar-refractivity contribution in [3.05, 3.63) is 70.5 Å². The lowest BCUT2D eigenvalue weighted by atomic mass is 10.1.